The van der Waals surface area contributed by atoms with Crippen LogP contribution in [0.25, 0.3) is 11.0 Å². The Kier molecular flexibility index (Phi) is 9.29. The summed E-state index contributed by atoms with van der Waals surface area (Å²) in [5.74, 6) is -0.544. The number of nitrogens with zero attached hydrogens (tertiary/aromatic N) is 4. The number of benzene rings is 4. The maximum absolute atomic E-state index is 14.3. The van der Waals surface area contributed by atoms with E-state index >= 15 is 0 Å². The average molecular weight is 591 g/mol. The topological polar surface area (TPSA) is 118 Å². The number of rotatable bonds is 11. The van der Waals surface area contributed by atoms with E-state index in [4.69, 9.17) is 4.74 Å². The molecule has 10 heteroatoms. The van der Waals surface area contributed by atoms with Gasteiger partial charge in [0.1, 0.15) is 23.9 Å². The highest BCUT2D eigenvalue weighted by Gasteiger charge is 2.33. The molecule has 1 aromatic heterocycles. The molecule has 0 aliphatic carbocycles. The van der Waals surface area contributed by atoms with Crippen molar-refractivity contribution in [3.63, 3.8) is 0 Å². The molecule has 1 atom stereocenters. The van der Waals surface area contributed by atoms with Crippen molar-refractivity contribution < 1.29 is 19.1 Å². The van der Waals surface area contributed by atoms with Crippen molar-refractivity contribution in [2.24, 2.45) is 5.92 Å². The molecule has 0 saturated carbocycles. The molecule has 224 valence electrons. The number of fused-ring (bicyclic) bond motifs is 1. The number of carbonyl (C=O) groups excluding carboxylic acids is 3. The van der Waals surface area contributed by atoms with E-state index in [2.05, 4.69) is 20.9 Å². The van der Waals surface area contributed by atoms with E-state index in [9.17, 15) is 14.4 Å². The van der Waals surface area contributed by atoms with E-state index in [-0.39, 0.29) is 36.7 Å². The third-order valence-corrected chi connectivity index (χ3v) is 7.14. The molecule has 1 unspecified atom stereocenters. The van der Waals surface area contributed by atoms with Gasteiger partial charge in [-0.15, -0.1) is 5.10 Å². The Hall–Kier alpha value is -5.51. The van der Waals surface area contributed by atoms with Crippen LogP contribution in [-0.4, -0.2) is 39.8 Å². The van der Waals surface area contributed by atoms with Crippen LogP contribution in [0.3, 0.4) is 0 Å². The molecule has 1 heterocycles. The summed E-state index contributed by atoms with van der Waals surface area (Å²) in [5.41, 5.74) is 3.87. The number of methoxy groups -OCH3 is 1. The Bertz CT molecular complexity index is 1750. The van der Waals surface area contributed by atoms with Gasteiger partial charge in [-0.05, 0) is 59.7 Å². The van der Waals surface area contributed by atoms with Crippen LogP contribution in [0.5, 0.6) is 5.75 Å². The van der Waals surface area contributed by atoms with E-state index in [0.717, 1.165) is 5.56 Å². The van der Waals surface area contributed by atoms with Gasteiger partial charge in [-0.25, -0.2) is 4.68 Å². The summed E-state index contributed by atoms with van der Waals surface area (Å²) in [6, 6.07) is 29.8. The first-order valence-corrected chi connectivity index (χ1v) is 14.3. The third-order valence-electron chi connectivity index (χ3n) is 7.14. The molecule has 0 radical (unpaired) electrons. The molecule has 0 saturated heterocycles. The molecule has 0 aliphatic rings. The Morgan fingerprint density at radius 1 is 0.864 bits per heavy atom. The minimum Gasteiger partial charge on any atom is -0.497 e. The molecule has 0 aliphatic heterocycles. The Labute approximate surface area is 255 Å². The smallest absolute Gasteiger partial charge is 0.249 e. The van der Waals surface area contributed by atoms with Crippen LogP contribution < -0.4 is 20.3 Å². The summed E-state index contributed by atoms with van der Waals surface area (Å²) in [7, 11) is 1.55. The summed E-state index contributed by atoms with van der Waals surface area (Å²) < 4.78 is 6.99. The minimum atomic E-state index is -1.06. The summed E-state index contributed by atoms with van der Waals surface area (Å²) in [6.45, 7) is 3.73. The van der Waals surface area contributed by atoms with Crippen LogP contribution in [0.2, 0.25) is 0 Å². The lowest BCUT2D eigenvalue weighted by molar-refractivity contribution is -0.127. The van der Waals surface area contributed by atoms with Crippen LogP contribution in [0.1, 0.15) is 31.0 Å². The van der Waals surface area contributed by atoms with Gasteiger partial charge in [-0.2, -0.15) is 0 Å². The van der Waals surface area contributed by atoms with Crippen LogP contribution in [0.15, 0.2) is 103 Å². The second-order valence-corrected chi connectivity index (χ2v) is 10.6. The molecular formula is C34H34N6O4. The van der Waals surface area contributed by atoms with Crippen molar-refractivity contribution in [3.05, 3.63) is 114 Å². The first-order chi connectivity index (χ1) is 21.3. The highest BCUT2D eigenvalue weighted by atomic mass is 16.5. The first kappa shape index (κ1) is 30.0. The van der Waals surface area contributed by atoms with Gasteiger partial charge in [-0.1, -0.05) is 73.7 Å². The molecule has 0 fully saturated rings. The number of nitrogens with one attached hydrogen (secondary N) is 2. The highest BCUT2D eigenvalue weighted by Crippen LogP contribution is 2.31. The van der Waals surface area contributed by atoms with Gasteiger partial charge in [0.05, 0.1) is 12.6 Å². The largest absolute Gasteiger partial charge is 0.497 e. The fourth-order valence-electron chi connectivity index (χ4n) is 4.78. The maximum Gasteiger partial charge on any atom is 0.249 e. The monoisotopic (exact) mass is 590 g/mol. The Morgan fingerprint density at radius 2 is 1.59 bits per heavy atom. The fraction of sp³-hybridized carbons (Fsp3) is 0.206. The number of aromatic nitrogens is 3. The standard InChI is InChI=1S/C34H34N6O4/c1-23(2)33(42)36-26-16-18-27(19-17-26)40(31(41)22-39-30-15-8-7-14-29(30)37-38-39)32(25-12-9-13-28(20-25)44-3)34(43)35-21-24-10-5-4-6-11-24/h4-20,23,32H,21-22H2,1-3H3,(H,35,43)(H,36,42). The van der Waals surface area contributed by atoms with E-state index in [1.54, 1.807) is 55.6 Å². The molecule has 0 bridgehead atoms. The van der Waals surface area contributed by atoms with Gasteiger partial charge in [0.25, 0.3) is 0 Å². The third kappa shape index (κ3) is 6.92. The van der Waals surface area contributed by atoms with Gasteiger partial charge in [0.15, 0.2) is 0 Å². The zero-order chi connectivity index (χ0) is 31.1. The second kappa shape index (κ2) is 13.6. The zero-order valence-electron chi connectivity index (χ0n) is 24.8. The summed E-state index contributed by atoms with van der Waals surface area (Å²) in [5, 5.41) is 14.3. The summed E-state index contributed by atoms with van der Waals surface area (Å²) >= 11 is 0. The summed E-state index contributed by atoms with van der Waals surface area (Å²) in [6.07, 6.45) is 0. The number of para-hydroxylation sites is 1. The quantitative estimate of drug-likeness (QED) is 0.220. The van der Waals surface area contributed by atoms with Crippen molar-refractivity contribution in [2.45, 2.75) is 33.0 Å². The van der Waals surface area contributed by atoms with E-state index in [0.29, 0.717) is 33.7 Å². The van der Waals surface area contributed by atoms with Crippen molar-refractivity contribution in [1.29, 1.82) is 0 Å². The molecule has 0 spiro atoms. The van der Waals surface area contributed by atoms with E-state index in [1.165, 1.54) is 9.58 Å². The number of amides is 3. The van der Waals surface area contributed by atoms with Crippen LogP contribution in [0, 0.1) is 5.92 Å². The Morgan fingerprint density at radius 3 is 2.32 bits per heavy atom. The lowest BCUT2D eigenvalue weighted by atomic mass is 10.0. The lowest BCUT2D eigenvalue weighted by Crippen LogP contribution is -2.45. The molecule has 5 aromatic rings. The predicted molar refractivity (Wildman–Crippen MR) is 169 cm³/mol. The Balaban J connectivity index is 1.56. The molecular weight excluding hydrogens is 556 g/mol. The number of carbonyl (C=O) groups is 3. The molecule has 44 heavy (non-hydrogen) atoms. The SMILES string of the molecule is COc1cccc(C(C(=O)NCc2ccccc2)N(C(=O)Cn2nnc3ccccc32)c2ccc(NC(=O)C(C)C)cc2)c1. The molecule has 4 aromatic carbocycles. The van der Waals surface area contributed by atoms with E-state index in [1.807, 2.05) is 68.4 Å². The second-order valence-electron chi connectivity index (χ2n) is 10.6. The van der Waals surface area contributed by atoms with E-state index < -0.39 is 6.04 Å². The van der Waals surface area contributed by atoms with Crippen molar-refractivity contribution >= 4 is 40.1 Å². The van der Waals surface area contributed by atoms with Gasteiger partial charge in [0, 0.05) is 23.8 Å². The highest BCUT2D eigenvalue weighted by molar-refractivity contribution is 6.02. The fourth-order valence-corrected chi connectivity index (χ4v) is 4.78. The molecule has 10 nitrogen and oxygen atoms in total. The average Bonchev–Trinajstić information content (AvgIpc) is 3.45. The van der Waals surface area contributed by atoms with Gasteiger partial charge >= 0.3 is 0 Å². The molecule has 3 amide bonds. The van der Waals surface area contributed by atoms with Gasteiger partial charge in [0.2, 0.25) is 17.7 Å². The number of ether oxygens (including phenoxy) is 1. The first-order valence-electron chi connectivity index (χ1n) is 14.3. The number of hydrogen-bond acceptors (Lipinski definition) is 6. The zero-order valence-corrected chi connectivity index (χ0v) is 24.8. The van der Waals surface area contributed by atoms with Crippen LogP contribution in [0.4, 0.5) is 11.4 Å². The van der Waals surface area contributed by atoms with Crippen LogP contribution >= 0.6 is 0 Å². The van der Waals surface area contributed by atoms with Crippen molar-refractivity contribution in [1.82, 2.24) is 20.3 Å². The normalized spacial score (nSPS) is 11.6. The maximum atomic E-state index is 14.3. The molecule has 2 N–H and O–H groups in total. The predicted octanol–water partition coefficient (Wildman–Crippen LogP) is 5.13. The van der Waals surface area contributed by atoms with Crippen molar-refractivity contribution in [3.8, 4) is 5.75 Å². The number of anilines is 2. The van der Waals surface area contributed by atoms with Gasteiger partial charge < -0.3 is 15.4 Å². The summed E-state index contributed by atoms with van der Waals surface area (Å²) in [4.78, 5) is 42.2. The lowest BCUT2D eigenvalue weighted by Gasteiger charge is -2.32. The van der Waals surface area contributed by atoms with Gasteiger partial charge in [-0.3, -0.25) is 19.3 Å². The number of hydrogen-bond donors (Lipinski definition) is 2. The van der Waals surface area contributed by atoms with Crippen LogP contribution in [-0.2, 0) is 27.5 Å². The minimum absolute atomic E-state index is 0.127. The molecule has 5 rings (SSSR count). The van der Waals surface area contributed by atoms with Crippen molar-refractivity contribution in [2.75, 3.05) is 17.3 Å².